The van der Waals surface area contributed by atoms with Gasteiger partial charge in [-0.1, -0.05) is 12.1 Å². The summed E-state index contributed by atoms with van der Waals surface area (Å²) >= 11 is 0. The van der Waals surface area contributed by atoms with Crippen LogP contribution in [0.2, 0.25) is 0 Å². The van der Waals surface area contributed by atoms with Crippen LogP contribution in [0.5, 0.6) is 0 Å². The van der Waals surface area contributed by atoms with E-state index < -0.39 is 9.84 Å². The maximum atomic E-state index is 13.7. The molecule has 13 heteroatoms. The van der Waals surface area contributed by atoms with E-state index in [-0.39, 0.29) is 54.4 Å². The SMILES string of the molecule is CN(C)c1ccc2c(c1)CCN(c1cccc(-c3cn(C)c(=O)c(Nc4ccc(C(=O)N5CCS(=O)(=O)CC5)cc4)n3)c1CO)C2=O. The van der Waals surface area contributed by atoms with Crippen molar-refractivity contribution >= 4 is 44.5 Å². The summed E-state index contributed by atoms with van der Waals surface area (Å²) in [7, 11) is 2.41. The van der Waals surface area contributed by atoms with Crippen molar-refractivity contribution in [3.8, 4) is 11.3 Å². The Kier molecular flexibility index (Phi) is 8.60. The van der Waals surface area contributed by atoms with Crippen LogP contribution in [-0.4, -0.2) is 85.0 Å². The minimum Gasteiger partial charge on any atom is -0.392 e. The van der Waals surface area contributed by atoms with Crippen LogP contribution in [0.1, 0.15) is 31.8 Å². The fourth-order valence-electron chi connectivity index (χ4n) is 5.96. The van der Waals surface area contributed by atoms with Crippen molar-refractivity contribution in [2.45, 2.75) is 13.0 Å². The molecule has 0 aliphatic carbocycles. The summed E-state index contributed by atoms with van der Waals surface area (Å²) in [5, 5.41) is 13.6. The number of benzene rings is 3. The third-order valence-electron chi connectivity index (χ3n) is 8.66. The minimum absolute atomic E-state index is 0.0410. The van der Waals surface area contributed by atoms with Gasteiger partial charge in [-0.05, 0) is 60.5 Å². The molecule has 2 aliphatic heterocycles. The Labute approximate surface area is 272 Å². The summed E-state index contributed by atoms with van der Waals surface area (Å²) in [6.07, 6.45) is 2.25. The van der Waals surface area contributed by atoms with E-state index in [9.17, 15) is 27.9 Å². The van der Waals surface area contributed by atoms with Gasteiger partial charge in [-0.25, -0.2) is 13.4 Å². The number of aryl methyl sites for hydroxylation is 1. The normalized spacial score (nSPS) is 15.7. The zero-order chi connectivity index (χ0) is 33.5. The van der Waals surface area contributed by atoms with Crippen molar-refractivity contribution in [2.24, 2.45) is 7.05 Å². The number of hydrogen-bond donors (Lipinski definition) is 2. The van der Waals surface area contributed by atoms with Crippen molar-refractivity contribution < 1.29 is 23.1 Å². The van der Waals surface area contributed by atoms with Gasteiger partial charge in [-0.2, -0.15) is 0 Å². The van der Waals surface area contributed by atoms with Crippen molar-refractivity contribution in [3.63, 3.8) is 0 Å². The lowest BCUT2D eigenvalue weighted by atomic mass is 9.95. The highest BCUT2D eigenvalue weighted by Crippen LogP contribution is 2.34. The van der Waals surface area contributed by atoms with Crippen LogP contribution in [0.4, 0.5) is 22.9 Å². The highest BCUT2D eigenvalue weighted by atomic mass is 32.2. The number of anilines is 4. The molecule has 47 heavy (non-hydrogen) atoms. The minimum atomic E-state index is -3.11. The molecule has 1 saturated heterocycles. The maximum Gasteiger partial charge on any atom is 0.293 e. The van der Waals surface area contributed by atoms with Crippen molar-refractivity contribution in [2.75, 3.05) is 60.4 Å². The number of fused-ring (bicyclic) bond motifs is 1. The second-order valence-corrected chi connectivity index (χ2v) is 14.2. The average Bonchev–Trinajstić information content (AvgIpc) is 3.06. The van der Waals surface area contributed by atoms with E-state index in [0.717, 1.165) is 11.3 Å². The molecule has 2 aliphatic rings. The number of carbonyl (C=O) groups is 2. The van der Waals surface area contributed by atoms with Gasteiger partial charge in [0.2, 0.25) is 0 Å². The van der Waals surface area contributed by atoms with E-state index >= 15 is 0 Å². The average molecular weight is 657 g/mol. The van der Waals surface area contributed by atoms with E-state index in [1.165, 1.54) is 9.47 Å². The zero-order valence-electron chi connectivity index (χ0n) is 26.4. The molecule has 0 saturated carbocycles. The molecule has 1 fully saturated rings. The van der Waals surface area contributed by atoms with Crippen LogP contribution < -0.4 is 20.7 Å². The number of aliphatic hydroxyl groups is 1. The molecule has 0 bridgehead atoms. The Morgan fingerprint density at radius 2 is 1.70 bits per heavy atom. The van der Waals surface area contributed by atoms with E-state index in [1.807, 2.05) is 37.2 Å². The summed E-state index contributed by atoms with van der Waals surface area (Å²) in [6.45, 7) is 0.402. The fraction of sp³-hybridized carbons (Fsp3) is 0.294. The summed E-state index contributed by atoms with van der Waals surface area (Å²) in [4.78, 5) is 49.5. The maximum absolute atomic E-state index is 13.7. The Bertz CT molecular complexity index is 2030. The van der Waals surface area contributed by atoms with Gasteiger partial charge in [0, 0.05) is 80.6 Å². The first-order valence-corrected chi connectivity index (χ1v) is 17.1. The molecular weight excluding hydrogens is 620 g/mol. The fourth-order valence-corrected chi connectivity index (χ4v) is 7.17. The number of nitrogens with one attached hydrogen (secondary N) is 1. The topological polar surface area (TPSA) is 145 Å². The summed E-state index contributed by atoms with van der Waals surface area (Å²) < 4.78 is 24.9. The van der Waals surface area contributed by atoms with Gasteiger partial charge >= 0.3 is 0 Å². The van der Waals surface area contributed by atoms with Crippen molar-refractivity contribution in [3.05, 3.63) is 99.5 Å². The Morgan fingerprint density at radius 3 is 2.38 bits per heavy atom. The Morgan fingerprint density at radius 1 is 0.979 bits per heavy atom. The predicted octanol–water partition coefficient (Wildman–Crippen LogP) is 2.82. The number of carbonyl (C=O) groups excluding carboxylic acids is 2. The van der Waals surface area contributed by atoms with E-state index in [1.54, 1.807) is 60.6 Å². The van der Waals surface area contributed by atoms with Crippen LogP contribution in [0.25, 0.3) is 11.3 Å². The molecule has 2 N–H and O–H groups in total. The lowest BCUT2D eigenvalue weighted by Crippen LogP contribution is -2.43. The molecule has 0 spiro atoms. The number of nitrogens with zero attached hydrogens (tertiary/aromatic N) is 5. The van der Waals surface area contributed by atoms with Crippen LogP contribution in [-0.2, 0) is 29.9 Å². The molecule has 3 aromatic carbocycles. The molecule has 2 amide bonds. The molecule has 4 aromatic rings. The lowest BCUT2D eigenvalue weighted by Gasteiger charge is -2.31. The molecule has 6 rings (SSSR count). The van der Waals surface area contributed by atoms with Gasteiger partial charge in [0.05, 0.1) is 29.5 Å². The molecule has 0 radical (unpaired) electrons. The second kappa shape index (κ2) is 12.6. The second-order valence-electron chi connectivity index (χ2n) is 11.9. The smallest absolute Gasteiger partial charge is 0.293 e. The standard InChI is InChI=1S/C34H36N6O6S/c1-37(2)25-11-12-26-23(19-25)13-14-40(33(26)43)30-6-4-5-27(28(30)21-41)29-20-38(3)34(44)31(36-29)35-24-9-7-22(8-10-24)32(42)39-15-17-47(45,46)18-16-39/h4-12,19-20,41H,13-18,21H2,1-3H3,(H,35,36). The van der Waals surface area contributed by atoms with Gasteiger partial charge in [0.25, 0.3) is 17.4 Å². The summed E-state index contributed by atoms with van der Waals surface area (Å²) in [6, 6.07) is 17.7. The van der Waals surface area contributed by atoms with Gasteiger partial charge in [-0.15, -0.1) is 0 Å². The van der Waals surface area contributed by atoms with Crippen LogP contribution in [0.15, 0.2) is 71.7 Å². The Hall–Kier alpha value is -5.01. The van der Waals surface area contributed by atoms with Crippen LogP contribution in [0, 0.1) is 0 Å². The van der Waals surface area contributed by atoms with Gasteiger partial charge in [0.15, 0.2) is 15.7 Å². The number of amides is 2. The third-order valence-corrected chi connectivity index (χ3v) is 10.3. The highest BCUT2D eigenvalue weighted by molar-refractivity contribution is 7.91. The number of aliphatic hydroxyl groups excluding tert-OH is 1. The summed E-state index contributed by atoms with van der Waals surface area (Å²) in [5.74, 6) is -0.464. The summed E-state index contributed by atoms with van der Waals surface area (Å²) in [5.41, 5.74) is 5.27. The predicted molar refractivity (Wildman–Crippen MR) is 181 cm³/mol. The Balaban J connectivity index is 1.26. The molecule has 244 valence electrons. The molecule has 3 heterocycles. The van der Waals surface area contributed by atoms with Crippen molar-refractivity contribution in [1.29, 1.82) is 0 Å². The first-order valence-electron chi connectivity index (χ1n) is 15.3. The van der Waals surface area contributed by atoms with E-state index in [0.29, 0.717) is 52.3 Å². The molecule has 0 atom stereocenters. The first kappa shape index (κ1) is 32.0. The highest BCUT2D eigenvalue weighted by Gasteiger charge is 2.29. The van der Waals surface area contributed by atoms with Gasteiger partial charge < -0.3 is 29.7 Å². The number of rotatable bonds is 7. The van der Waals surface area contributed by atoms with E-state index in [4.69, 9.17) is 0 Å². The molecule has 12 nitrogen and oxygen atoms in total. The number of sulfone groups is 1. The number of hydrogen-bond acceptors (Lipinski definition) is 9. The van der Waals surface area contributed by atoms with Gasteiger partial charge in [-0.3, -0.25) is 14.4 Å². The molecule has 0 unspecified atom stereocenters. The first-order chi connectivity index (χ1) is 22.5. The largest absolute Gasteiger partial charge is 0.392 e. The van der Waals surface area contributed by atoms with Crippen LogP contribution in [0.3, 0.4) is 0 Å². The molecular formula is C34H36N6O6S. The molecule has 1 aromatic heterocycles. The quantitative estimate of drug-likeness (QED) is 0.307. The zero-order valence-corrected chi connectivity index (χ0v) is 27.2. The third kappa shape index (κ3) is 6.36. The van der Waals surface area contributed by atoms with Crippen LogP contribution >= 0.6 is 0 Å². The lowest BCUT2D eigenvalue weighted by molar-refractivity contribution is 0.0770. The van der Waals surface area contributed by atoms with Crippen molar-refractivity contribution in [1.82, 2.24) is 14.5 Å². The van der Waals surface area contributed by atoms with Gasteiger partial charge in [0.1, 0.15) is 0 Å². The monoisotopic (exact) mass is 656 g/mol. The number of aromatic nitrogens is 2. The van der Waals surface area contributed by atoms with E-state index in [2.05, 4.69) is 10.3 Å².